The molecule has 0 bridgehead atoms. The number of aromatic nitrogens is 2. The van der Waals surface area contributed by atoms with Gasteiger partial charge >= 0.3 is 0 Å². The summed E-state index contributed by atoms with van der Waals surface area (Å²) in [6.07, 6.45) is 6.84. The summed E-state index contributed by atoms with van der Waals surface area (Å²) in [5.74, 6) is -0.186. The molecule has 2 aromatic heterocycles. The van der Waals surface area contributed by atoms with Gasteiger partial charge in [0.25, 0.3) is 0 Å². The molecule has 2 unspecified atom stereocenters. The topological polar surface area (TPSA) is 41.3 Å². The van der Waals surface area contributed by atoms with Crippen LogP contribution in [0.5, 0.6) is 0 Å². The lowest BCUT2D eigenvalue weighted by Crippen LogP contribution is -2.37. The Kier molecular flexibility index (Phi) is 4.07. The molecule has 146 valence electrons. The van der Waals surface area contributed by atoms with Crippen molar-refractivity contribution in [3.05, 3.63) is 64.9 Å². The molecule has 0 amide bonds. The molecule has 2 aliphatic rings. The highest BCUT2D eigenvalue weighted by molar-refractivity contribution is 5.88. The number of pyridine rings is 1. The number of benzene rings is 1. The molecule has 0 spiro atoms. The summed E-state index contributed by atoms with van der Waals surface area (Å²) >= 11 is 0. The molecule has 5 rings (SSSR count). The van der Waals surface area contributed by atoms with Gasteiger partial charge in [-0.05, 0) is 74.2 Å². The average Bonchev–Trinajstić information content (AvgIpc) is 3.23. The second-order valence-corrected chi connectivity index (χ2v) is 8.61. The van der Waals surface area contributed by atoms with Crippen LogP contribution in [0.25, 0.3) is 10.9 Å². The van der Waals surface area contributed by atoms with Crippen LogP contribution in [-0.4, -0.2) is 32.1 Å². The smallest absolute Gasteiger partial charge is 0.124 e. The van der Waals surface area contributed by atoms with E-state index < -0.39 is 5.60 Å². The van der Waals surface area contributed by atoms with Gasteiger partial charge in [-0.15, -0.1) is 0 Å². The lowest BCUT2D eigenvalue weighted by atomic mass is 9.96. The Morgan fingerprint density at radius 2 is 2.07 bits per heavy atom. The molecule has 4 heterocycles. The number of hydrogen-bond donors (Lipinski definition) is 1. The van der Waals surface area contributed by atoms with E-state index in [1.54, 1.807) is 24.5 Å². The second-order valence-electron chi connectivity index (χ2n) is 8.61. The van der Waals surface area contributed by atoms with Crippen LogP contribution < -0.4 is 0 Å². The van der Waals surface area contributed by atoms with E-state index in [0.717, 1.165) is 41.5 Å². The molecule has 0 radical (unpaired) electrons. The Labute approximate surface area is 164 Å². The molecule has 2 aliphatic heterocycles. The molecule has 3 aromatic rings. The summed E-state index contributed by atoms with van der Waals surface area (Å²) in [5.41, 5.74) is 4.30. The maximum atomic E-state index is 14.3. The highest BCUT2D eigenvalue weighted by Gasteiger charge is 2.35. The predicted molar refractivity (Wildman–Crippen MR) is 108 cm³/mol. The zero-order valence-corrected chi connectivity index (χ0v) is 16.5. The fourth-order valence-corrected chi connectivity index (χ4v) is 5.23. The summed E-state index contributed by atoms with van der Waals surface area (Å²) in [7, 11) is 0. The van der Waals surface area contributed by atoms with Crippen LogP contribution >= 0.6 is 0 Å². The van der Waals surface area contributed by atoms with Gasteiger partial charge in [-0.2, -0.15) is 0 Å². The minimum Gasteiger partial charge on any atom is -0.384 e. The van der Waals surface area contributed by atoms with E-state index in [1.807, 2.05) is 26.0 Å². The summed E-state index contributed by atoms with van der Waals surface area (Å²) in [5, 5.41) is 12.3. The van der Waals surface area contributed by atoms with Crippen molar-refractivity contribution in [2.75, 3.05) is 6.54 Å². The number of rotatable bonds is 3. The van der Waals surface area contributed by atoms with Gasteiger partial charge < -0.3 is 9.67 Å². The number of nitrogens with zero attached hydrogens (tertiary/aromatic N) is 3. The summed E-state index contributed by atoms with van der Waals surface area (Å²) in [4.78, 5) is 6.61. The van der Waals surface area contributed by atoms with Gasteiger partial charge in [-0.1, -0.05) is 0 Å². The van der Waals surface area contributed by atoms with Crippen molar-refractivity contribution in [1.82, 2.24) is 14.5 Å². The third-order valence-corrected chi connectivity index (χ3v) is 6.59. The van der Waals surface area contributed by atoms with Crippen LogP contribution in [0.3, 0.4) is 0 Å². The van der Waals surface area contributed by atoms with Crippen LogP contribution in [0.15, 0.2) is 36.7 Å². The Balaban J connectivity index is 1.68. The molecule has 1 fully saturated rings. The minimum absolute atomic E-state index is 0.186. The predicted octanol–water partition coefficient (Wildman–Crippen LogP) is 3.91. The largest absolute Gasteiger partial charge is 0.384 e. The number of hydrogen-bond acceptors (Lipinski definition) is 3. The van der Waals surface area contributed by atoms with Crippen molar-refractivity contribution in [3.63, 3.8) is 0 Å². The number of halogens is 1. The van der Waals surface area contributed by atoms with Crippen molar-refractivity contribution in [2.24, 2.45) is 0 Å². The first kappa shape index (κ1) is 17.8. The maximum Gasteiger partial charge on any atom is 0.124 e. The third-order valence-electron chi connectivity index (χ3n) is 6.59. The Morgan fingerprint density at radius 1 is 1.29 bits per heavy atom. The van der Waals surface area contributed by atoms with Crippen molar-refractivity contribution in [3.8, 4) is 0 Å². The Bertz CT molecular complexity index is 1040. The van der Waals surface area contributed by atoms with Gasteiger partial charge in [0, 0.05) is 42.5 Å². The third kappa shape index (κ3) is 2.76. The van der Waals surface area contributed by atoms with Crippen LogP contribution in [0.1, 0.15) is 42.1 Å². The first-order chi connectivity index (χ1) is 13.4. The summed E-state index contributed by atoms with van der Waals surface area (Å²) < 4.78 is 16.5. The van der Waals surface area contributed by atoms with Gasteiger partial charge in [0.15, 0.2) is 0 Å². The number of aliphatic hydroxyl groups is 1. The van der Waals surface area contributed by atoms with Gasteiger partial charge in [-0.3, -0.25) is 9.88 Å². The second kappa shape index (κ2) is 6.39. The van der Waals surface area contributed by atoms with Gasteiger partial charge in [0.1, 0.15) is 11.4 Å². The van der Waals surface area contributed by atoms with Gasteiger partial charge in [0.05, 0.1) is 12.1 Å². The van der Waals surface area contributed by atoms with Gasteiger partial charge in [-0.25, -0.2) is 4.39 Å². The van der Waals surface area contributed by atoms with E-state index in [2.05, 4.69) is 14.5 Å². The van der Waals surface area contributed by atoms with Crippen LogP contribution in [-0.2, 0) is 25.1 Å². The molecule has 1 aromatic carbocycles. The molecule has 0 saturated carbocycles. The Hall–Kier alpha value is -2.24. The highest BCUT2D eigenvalue weighted by Crippen LogP contribution is 2.39. The van der Waals surface area contributed by atoms with Gasteiger partial charge in [0.2, 0.25) is 0 Å². The number of fused-ring (bicyclic) bond motifs is 4. The maximum absolute atomic E-state index is 14.3. The highest BCUT2D eigenvalue weighted by atomic mass is 19.1. The standard InChI is InChI=1S/C23H26FN3O/c1-15-10-17(24)11-19-20-13-26-9-3-4-18(26)12-21(20)27(22(15)19)14-23(2,28)16-5-7-25-8-6-16/h5-8,10-11,18,28H,3-4,9,12-14H2,1-2H3. The van der Waals surface area contributed by atoms with Crippen molar-refractivity contribution in [2.45, 2.75) is 57.8 Å². The first-order valence-electron chi connectivity index (χ1n) is 10.1. The fraction of sp³-hybridized carbons (Fsp3) is 0.435. The molecule has 28 heavy (non-hydrogen) atoms. The molecule has 1 saturated heterocycles. The summed E-state index contributed by atoms with van der Waals surface area (Å²) in [6, 6.07) is 7.57. The van der Waals surface area contributed by atoms with E-state index in [4.69, 9.17) is 0 Å². The van der Waals surface area contributed by atoms with Crippen molar-refractivity contribution in [1.29, 1.82) is 0 Å². The van der Waals surface area contributed by atoms with E-state index in [1.165, 1.54) is 24.1 Å². The molecule has 0 aliphatic carbocycles. The zero-order valence-electron chi connectivity index (χ0n) is 16.5. The number of aryl methyl sites for hydroxylation is 1. The van der Waals surface area contributed by atoms with Crippen LogP contribution in [0.4, 0.5) is 4.39 Å². The normalized spacial score (nSPS) is 21.5. The molecular formula is C23H26FN3O. The molecular weight excluding hydrogens is 353 g/mol. The minimum atomic E-state index is -1.03. The molecule has 4 nitrogen and oxygen atoms in total. The monoisotopic (exact) mass is 379 g/mol. The van der Waals surface area contributed by atoms with E-state index >= 15 is 0 Å². The zero-order chi connectivity index (χ0) is 19.5. The van der Waals surface area contributed by atoms with Crippen molar-refractivity contribution >= 4 is 10.9 Å². The van der Waals surface area contributed by atoms with Crippen molar-refractivity contribution < 1.29 is 9.50 Å². The molecule has 1 N–H and O–H groups in total. The lowest BCUT2D eigenvalue weighted by Gasteiger charge is -2.32. The molecule has 2 atom stereocenters. The van der Waals surface area contributed by atoms with E-state index in [9.17, 15) is 9.50 Å². The molecule has 5 heteroatoms. The summed E-state index contributed by atoms with van der Waals surface area (Å²) in [6.45, 7) is 6.27. The van der Waals surface area contributed by atoms with E-state index in [-0.39, 0.29) is 5.82 Å². The lowest BCUT2D eigenvalue weighted by molar-refractivity contribution is 0.0381. The SMILES string of the molecule is Cc1cc(F)cc2c3c(n(CC(C)(O)c4ccncc4)c12)CC1CCCN1C3. The fourth-order valence-electron chi connectivity index (χ4n) is 5.23. The van der Waals surface area contributed by atoms with Crippen LogP contribution in [0, 0.1) is 12.7 Å². The van der Waals surface area contributed by atoms with Crippen LogP contribution in [0.2, 0.25) is 0 Å². The van der Waals surface area contributed by atoms with E-state index in [0.29, 0.717) is 12.6 Å². The Morgan fingerprint density at radius 3 is 2.86 bits per heavy atom. The average molecular weight is 379 g/mol. The first-order valence-corrected chi connectivity index (χ1v) is 10.1. The quantitative estimate of drug-likeness (QED) is 0.750.